The fraction of sp³-hybridized carbons (Fsp3) is 0.560. The van der Waals surface area contributed by atoms with Gasteiger partial charge in [-0.2, -0.15) is 4.98 Å². The van der Waals surface area contributed by atoms with Crippen LogP contribution in [0.3, 0.4) is 0 Å². The summed E-state index contributed by atoms with van der Waals surface area (Å²) in [6, 6.07) is 1.95. The van der Waals surface area contributed by atoms with Crippen molar-refractivity contribution in [1.29, 1.82) is 0 Å². The van der Waals surface area contributed by atoms with Gasteiger partial charge in [0.05, 0.1) is 18.4 Å². The van der Waals surface area contributed by atoms with E-state index in [4.69, 9.17) is 9.72 Å². The Bertz CT molecular complexity index is 1420. The molecule has 3 aromatic rings. The number of methoxy groups -OCH3 is 1. The smallest absolute Gasteiger partial charge is 0.233 e. The first-order chi connectivity index (χ1) is 18.1. The molecule has 0 spiro atoms. The number of sulfone groups is 1. The molecule has 2 atom stereocenters. The van der Waals surface area contributed by atoms with Crippen molar-refractivity contribution in [3.8, 4) is 0 Å². The van der Waals surface area contributed by atoms with E-state index in [9.17, 15) is 12.8 Å². The van der Waals surface area contributed by atoms with Crippen molar-refractivity contribution in [3.63, 3.8) is 0 Å². The van der Waals surface area contributed by atoms with Crippen LogP contribution in [0, 0.1) is 5.92 Å². The Morgan fingerprint density at radius 2 is 1.89 bits per heavy atom. The maximum atomic E-state index is 14.4. The molecule has 2 fully saturated rings. The molecule has 204 valence electrons. The van der Waals surface area contributed by atoms with Crippen molar-refractivity contribution < 1.29 is 17.5 Å². The van der Waals surface area contributed by atoms with Crippen molar-refractivity contribution in [2.45, 2.75) is 38.5 Å². The van der Waals surface area contributed by atoms with Gasteiger partial charge in [0.2, 0.25) is 11.9 Å². The Labute approximate surface area is 221 Å². The minimum atomic E-state index is -3.01. The van der Waals surface area contributed by atoms with Crippen LogP contribution in [0.25, 0.3) is 10.8 Å². The lowest BCUT2D eigenvalue weighted by Gasteiger charge is -2.40. The van der Waals surface area contributed by atoms with Crippen LogP contribution < -0.4 is 15.1 Å². The number of halogens is 1. The normalized spacial score (nSPS) is 20.7. The first kappa shape index (κ1) is 26.4. The second kappa shape index (κ2) is 10.5. The van der Waals surface area contributed by atoms with Crippen molar-refractivity contribution in [3.05, 3.63) is 30.4 Å². The zero-order valence-corrected chi connectivity index (χ0v) is 22.8. The van der Waals surface area contributed by atoms with E-state index in [1.54, 1.807) is 11.1 Å². The second-order valence-electron chi connectivity index (χ2n) is 10.4. The summed E-state index contributed by atoms with van der Waals surface area (Å²) in [4.78, 5) is 26.2. The number of alkyl halides is 1. The number of rotatable bonds is 8. The molecule has 38 heavy (non-hydrogen) atoms. The van der Waals surface area contributed by atoms with Crippen molar-refractivity contribution in [2.24, 2.45) is 5.92 Å². The molecule has 1 N–H and O–H groups in total. The maximum Gasteiger partial charge on any atom is 0.233 e. The minimum absolute atomic E-state index is 0.103. The summed E-state index contributed by atoms with van der Waals surface area (Å²) in [7, 11) is -1.49. The highest BCUT2D eigenvalue weighted by Gasteiger charge is 2.32. The number of pyridine rings is 2. The van der Waals surface area contributed by atoms with Crippen LogP contribution in [0.15, 0.2) is 24.8 Å². The molecule has 0 saturated carbocycles. The number of nitrogens with zero attached hydrogens (tertiary/aromatic N) is 7. The van der Waals surface area contributed by atoms with Gasteiger partial charge < -0.3 is 19.9 Å². The summed E-state index contributed by atoms with van der Waals surface area (Å²) in [5, 5.41) is 5.08. The van der Waals surface area contributed by atoms with Gasteiger partial charge in [-0.05, 0) is 29.4 Å². The van der Waals surface area contributed by atoms with E-state index in [1.807, 2.05) is 12.3 Å². The van der Waals surface area contributed by atoms with E-state index in [1.165, 1.54) is 19.7 Å². The Balaban J connectivity index is 1.37. The highest BCUT2D eigenvalue weighted by Crippen LogP contribution is 2.35. The lowest BCUT2D eigenvalue weighted by molar-refractivity contribution is 0.0194. The lowest BCUT2D eigenvalue weighted by atomic mass is 9.97. The predicted octanol–water partition coefficient (Wildman–Crippen LogP) is 2.73. The first-order valence-corrected chi connectivity index (χ1v) is 14.8. The van der Waals surface area contributed by atoms with Crippen molar-refractivity contribution in [1.82, 2.24) is 24.9 Å². The third-order valence-electron chi connectivity index (χ3n) is 7.07. The number of hydrogen-bond donors (Lipinski definition) is 1. The van der Waals surface area contributed by atoms with E-state index in [0.717, 1.165) is 22.2 Å². The van der Waals surface area contributed by atoms with E-state index < -0.39 is 22.1 Å². The zero-order chi connectivity index (χ0) is 27.0. The molecule has 3 aromatic heterocycles. The molecule has 2 aliphatic heterocycles. The first-order valence-electron chi connectivity index (χ1n) is 12.7. The van der Waals surface area contributed by atoms with E-state index in [0.29, 0.717) is 43.8 Å². The van der Waals surface area contributed by atoms with Gasteiger partial charge in [0.1, 0.15) is 34.0 Å². The molecule has 0 aliphatic carbocycles. The monoisotopic (exact) mass is 544 g/mol. The average molecular weight is 545 g/mol. The highest BCUT2D eigenvalue weighted by atomic mass is 32.2. The molecule has 0 unspecified atom stereocenters. The van der Waals surface area contributed by atoms with Crippen LogP contribution in [0.1, 0.15) is 31.7 Å². The Morgan fingerprint density at radius 1 is 1.11 bits per heavy atom. The van der Waals surface area contributed by atoms with Crippen LogP contribution >= 0.6 is 0 Å². The van der Waals surface area contributed by atoms with Gasteiger partial charge in [0.25, 0.3) is 0 Å². The molecular weight excluding hydrogens is 511 g/mol. The summed E-state index contributed by atoms with van der Waals surface area (Å²) in [6.45, 7) is 6.25. The second-order valence-corrected chi connectivity index (χ2v) is 12.6. The van der Waals surface area contributed by atoms with Crippen LogP contribution in [0.4, 0.5) is 27.9 Å². The molecule has 0 aromatic carbocycles. The van der Waals surface area contributed by atoms with Gasteiger partial charge in [0.15, 0.2) is 0 Å². The van der Waals surface area contributed by atoms with Crippen molar-refractivity contribution in [2.75, 3.05) is 60.4 Å². The fourth-order valence-corrected chi connectivity index (χ4v) is 6.21. The molecule has 2 saturated heterocycles. The Hall–Kier alpha value is -3.19. The van der Waals surface area contributed by atoms with Crippen LogP contribution in [0.2, 0.25) is 0 Å². The average Bonchev–Trinajstić information content (AvgIpc) is 2.85. The standard InChI is InChI=1S/C25H33FN8O3S/c1-15(2)18-8-28-23(34-10-16(11-34)13-38(4,35)36)19-9-27-22(7-17(18)19)31-24-29-14-30-25(32-24)33-6-5-21(37-3)20(26)12-33/h7-9,14-16,20-21H,5-6,10-13H2,1-4H3,(H,27,29,30,31,32)/t20-,21+/m0/s1. The number of piperidine rings is 1. The van der Waals surface area contributed by atoms with Crippen molar-refractivity contribution >= 4 is 44.1 Å². The molecule has 2 aliphatic rings. The number of anilines is 4. The minimum Gasteiger partial charge on any atom is -0.378 e. The van der Waals surface area contributed by atoms with Crippen LogP contribution in [0.5, 0.6) is 0 Å². The number of aromatic nitrogens is 5. The predicted molar refractivity (Wildman–Crippen MR) is 145 cm³/mol. The van der Waals surface area contributed by atoms with Gasteiger partial charge >= 0.3 is 0 Å². The van der Waals surface area contributed by atoms with Crippen LogP contribution in [-0.2, 0) is 14.6 Å². The number of hydrogen-bond acceptors (Lipinski definition) is 11. The van der Waals surface area contributed by atoms with E-state index in [-0.39, 0.29) is 24.1 Å². The fourth-order valence-electron chi connectivity index (χ4n) is 5.14. The molecule has 5 heterocycles. The van der Waals surface area contributed by atoms with Gasteiger partial charge in [-0.3, -0.25) is 0 Å². The maximum absolute atomic E-state index is 14.4. The molecule has 0 bridgehead atoms. The molecule has 0 amide bonds. The number of ether oxygens (including phenoxy) is 1. The third kappa shape index (κ3) is 5.63. The quantitative estimate of drug-likeness (QED) is 0.450. The van der Waals surface area contributed by atoms with Gasteiger partial charge in [0, 0.05) is 56.7 Å². The summed E-state index contributed by atoms with van der Waals surface area (Å²) < 4.78 is 42.9. The molecule has 11 nitrogen and oxygen atoms in total. The Morgan fingerprint density at radius 3 is 2.58 bits per heavy atom. The summed E-state index contributed by atoms with van der Waals surface area (Å²) >= 11 is 0. The zero-order valence-electron chi connectivity index (χ0n) is 22.0. The summed E-state index contributed by atoms with van der Waals surface area (Å²) in [6.07, 6.45) is 5.36. The number of fused-ring (bicyclic) bond motifs is 1. The Kier molecular flexibility index (Phi) is 7.32. The highest BCUT2D eigenvalue weighted by molar-refractivity contribution is 7.90. The summed E-state index contributed by atoms with van der Waals surface area (Å²) in [5.74, 6) is 2.60. The van der Waals surface area contributed by atoms with Crippen LogP contribution in [-0.4, -0.2) is 90.9 Å². The van der Waals surface area contributed by atoms with E-state index in [2.05, 4.69) is 44.0 Å². The SMILES string of the molecule is CO[C@@H]1CCN(c2ncnc(Nc3cc4c(C(C)C)cnc(N5CC(CS(C)(=O)=O)C5)c4cn3)n2)C[C@@H]1F. The molecular formula is C25H33FN8O3S. The molecule has 13 heteroatoms. The largest absolute Gasteiger partial charge is 0.378 e. The van der Waals surface area contributed by atoms with Gasteiger partial charge in [-0.25, -0.2) is 32.7 Å². The molecule has 0 radical (unpaired) electrons. The lowest BCUT2D eigenvalue weighted by Crippen LogP contribution is -2.50. The molecule has 5 rings (SSSR count). The topological polar surface area (TPSA) is 126 Å². The van der Waals surface area contributed by atoms with E-state index >= 15 is 0 Å². The van der Waals surface area contributed by atoms with Gasteiger partial charge in [-0.1, -0.05) is 13.8 Å². The third-order valence-corrected chi connectivity index (χ3v) is 8.14. The summed E-state index contributed by atoms with van der Waals surface area (Å²) in [5.41, 5.74) is 1.08. The van der Waals surface area contributed by atoms with Gasteiger partial charge in [-0.15, -0.1) is 0 Å². The number of nitrogens with one attached hydrogen (secondary N) is 1.